The van der Waals surface area contributed by atoms with E-state index < -0.39 is 11.0 Å². The van der Waals surface area contributed by atoms with Crippen molar-refractivity contribution in [3.63, 3.8) is 0 Å². The average molecular weight is 273 g/mol. The van der Waals surface area contributed by atoms with Crippen molar-refractivity contribution in [1.29, 1.82) is 0 Å². The zero-order valence-corrected chi connectivity index (χ0v) is 5.22. The maximum absolute atomic E-state index is 8.56. The van der Waals surface area contributed by atoms with E-state index in [1.165, 1.54) is 0 Å². The molecule has 0 unspecified atom stereocenters. The van der Waals surface area contributed by atoms with E-state index in [9.17, 15) is 0 Å². The van der Waals surface area contributed by atoms with Gasteiger partial charge in [0, 0.05) is 31.1 Å². The largest absolute Gasteiger partial charge is 0.439 e. The van der Waals surface area contributed by atoms with Crippen LogP contribution in [0.1, 0.15) is 0 Å². The molecule has 0 bridgehead atoms. The van der Waals surface area contributed by atoms with Crippen molar-refractivity contribution in [3.05, 3.63) is 0 Å². The molecule has 1 N–H and O–H groups in total. The smallest absolute Gasteiger partial charge is 0.0495 e. The third-order valence-electron chi connectivity index (χ3n) is 0. The summed E-state index contributed by atoms with van der Waals surface area (Å²) in [6, 6.07) is 0. The van der Waals surface area contributed by atoms with Crippen LogP contribution in [0.5, 0.6) is 0 Å². The summed E-state index contributed by atoms with van der Waals surface area (Å²) >= 11 is 0. The predicted molar refractivity (Wildman–Crippen MR) is 11.4 cm³/mol. The summed E-state index contributed by atoms with van der Waals surface area (Å²) in [6.45, 7) is 0. The fraction of sp³-hybridized carbons (Fsp3) is 0. The van der Waals surface area contributed by atoms with Gasteiger partial charge >= 0.3 is 0 Å². The van der Waals surface area contributed by atoms with Crippen LogP contribution in [0.3, 0.4) is 0 Å². The molecule has 3 nitrogen and oxygen atoms in total. The average Bonchev–Trinajstić information content (AvgIpc) is 0.811. The van der Waals surface area contributed by atoms with Crippen LogP contribution in [0, 0.1) is 0 Å². The SMILES string of the molecule is O=[S-](=O)O.[Ir]. The molecule has 0 aliphatic carbocycles. The fourth-order valence-electron chi connectivity index (χ4n) is 0. The molecule has 5 heavy (non-hydrogen) atoms. The Kier molecular flexibility index (Phi) is 8.32. The van der Waals surface area contributed by atoms with E-state index in [0.29, 0.717) is 0 Å². The summed E-state index contributed by atoms with van der Waals surface area (Å²) in [6.07, 6.45) is 0. The molecule has 0 aromatic carbocycles. The summed E-state index contributed by atoms with van der Waals surface area (Å²) in [5.41, 5.74) is 0. The van der Waals surface area contributed by atoms with Gasteiger partial charge in [-0.2, -0.15) is 0 Å². The molecule has 1 radical (unpaired) electrons. The second-order valence-corrected chi connectivity index (χ2v) is 0.651. The van der Waals surface area contributed by atoms with Crippen LogP contribution in [-0.4, -0.2) is 4.55 Å². The van der Waals surface area contributed by atoms with Crippen molar-refractivity contribution in [2.75, 3.05) is 0 Å². The Morgan fingerprint density at radius 1 is 1.40 bits per heavy atom. The van der Waals surface area contributed by atoms with Gasteiger partial charge in [-0.3, -0.25) is 0 Å². The zero-order chi connectivity index (χ0) is 3.58. The van der Waals surface area contributed by atoms with Crippen molar-refractivity contribution in [1.82, 2.24) is 0 Å². The van der Waals surface area contributed by atoms with Gasteiger partial charge in [-0.05, 0) is 0 Å². The maximum Gasteiger partial charge on any atom is 0.0495 e. The van der Waals surface area contributed by atoms with Crippen LogP contribution in [0.2, 0.25) is 0 Å². The minimum absolute atomic E-state index is 0. The summed E-state index contributed by atoms with van der Waals surface area (Å²) < 4.78 is 24.1. The third kappa shape index (κ3) is 95.5. The number of rotatable bonds is 0. The van der Waals surface area contributed by atoms with E-state index in [4.69, 9.17) is 13.0 Å². The first-order valence-corrected chi connectivity index (χ1v) is 1.55. The van der Waals surface area contributed by atoms with Crippen LogP contribution in [-0.2, 0) is 39.5 Å². The summed E-state index contributed by atoms with van der Waals surface area (Å²) in [5.74, 6) is 0. The molecule has 0 saturated carbocycles. The Labute approximate surface area is 44.5 Å². The van der Waals surface area contributed by atoms with Gasteiger partial charge < -0.3 is 13.0 Å². The van der Waals surface area contributed by atoms with Gasteiger partial charge in [0.15, 0.2) is 0 Å². The first kappa shape index (κ1) is 9.12. The van der Waals surface area contributed by atoms with Crippen molar-refractivity contribution in [3.8, 4) is 0 Å². The molecule has 0 aromatic rings. The molecule has 0 aliphatic rings. The van der Waals surface area contributed by atoms with Gasteiger partial charge in [0.1, 0.15) is 0 Å². The summed E-state index contributed by atoms with van der Waals surface area (Å²) in [7, 11) is -2.86. The van der Waals surface area contributed by atoms with E-state index in [0.717, 1.165) is 0 Å². The van der Waals surface area contributed by atoms with Crippen LogP contribution in [0.15, 0.2) is 0 Å². The van der Waals surface area contributed by atoms with E-state index in [1.54, 1.807) is 0 Å². The van der Waals surface area contributed by atoms with Gasteiger partial charge in [-0.15, -0.1) is 0 Å². The second kappa shape index (κ2) is 4.56. The molecule has 0 saturated heterocycles. The number of hydrogen-bond donors (Lipinski definition) is 1. The minimum atomic E-state index is -2.86. The maximum atomic E-state index is 8.56. The molecule has 0 aromatic heterocycles. The fourth-order valence-corrected chi connectivity index (χ4v) is 0. The second-order valence-electron chi connectivity index (χ2n) is 0.217. The monoisotopic (exact) mass is 274 g/mol. The summed E-state index contributed by atoms with van der Waals surface area (Å²) in [4.78, 5) is 0. The van der Waals surface area contributed by atoms with Crippen molar-refractivity contribution in [2.45, 2.75) is 0 Å². The van der Waals surface area contributed by atoms with Crippen molar-refractivity contribution in [2.24, 2.45) is 0 Å². The van der Waals surface area contributed by atoms with Gasteiger partial charge in [-0.25, -0.2) is 0 Å². The Morgan fingerprint density at radius 3 is 1.40 bits per heavy atom. The molecular weight excluding hydrogens is 272 g/mol. The van der Waals surface area contributed by atoms with Crippen LogP contribution < -0.4 is 0 Å². The van der Waals surface area contributed by atoms with Crippen LogP contribution >= 0.6 is 0 Å². The molecule has 0 amide bonds. The standard InChI is InChI=1S/Ir.HO3S/c;1-4(2)3/h;(H,1,2,3)/q;-1. The molecule has 0 fully saturated rings. The molecular formula is HIrO3S-. The van der Waals surface area contributed by atoms with E-state index in [1.807, 2.05) is 0 Å². The van der Waals surface area contributed by atoms with Gasteiger partial charge in [0.2, 0.25) is 0 Å². The first-order valence-electron chi connectivity index (χ1n) is 0.516. The Bertz CT molecular complexity index is 55.3. The van der Waals surface area contributed by atoms with Gasteiger partial charge in [0.25, 0.3) is 0 Å². The molecule has 0 aliphatic heterocycles. The Hall–Kier alpha value is 0.559. The first-order chi connectivity index (χ1) is 1.73. The molecule has 0 spiro atoms. The molecule has 0 atom stereocenters. The van der Waals surface area contributed by atoms with Crippen LogP contribution in [0.4, 0.5) is 0 Å². The molecule has 5 heteroatoms. The topological polar surface area (TPSA) is 54.4 Å². The van der Waals surface area contributed by atoms with Crippen molar-refractivity contribution >= 4 is 11.0 Å². The molecule has 0 rings (SSSR count). The number of hydrogen-bond acceptors (Lipinski definition) is 3. The van der Waals surface area contributed by atoms with Gasteiger partial charge in [-0.1, -0.05) is 0 Å². The zero-order valence-electron chi connectivity index (χ0n) is 2.01. The molecule has 35 valence electrons. The van der Waals surface area contributed by atoms with E-state index in [2.05, 4.69) is 0 Å². The minimum Gasteiger partial charge on any atom is -0.439 e. The summed E-state index contributed by atoms with van der Waals surface area (Å²) in [5, 5.41) is 0. The van der Waals surface area contributed by atoms with E-state index >= 15 is 0 Å². The predicted octanol–water partition coefficient (Wildman–Crippen LogP) is -0.234. The van der Waals surface area contributed by atoms with Crippen LogP contribution in [0.25, 0.3) is 0 Å². The normalized spacial score (nSPS) is 6.80. The third-order valence-corrected chi connectivity index (χ3v) is 0. The van der Waals surface area contributed by atoms with Crippen molar-refractivity contribution < 1.29 is 33.1 Å². The van der Waals surface area contributed by atoms with E-state index in [-0.39, 0.29) is 20.1 Å². The quantitative estimate of drug-likeness (QED) is 0.377. The Balaban J connectivity index is 0. The van der Waals surface area contributed by atoms with Gasteiger partial charge in [0.05, 0.1) is 0 Å². The molecule has 0 heterocycles. The Morgan fingerprint density at radius 2 is 1.40 bits per heavy atom.